The van der Waals surface area contributed by atoms with Gasteiger partial charge in [-0.15, -0.1) is 0 Å². The van der Waals surface area contributed by atoms with Crippen molar-refractivity contribution in [3.8, 4) is 0 Å². The first kappa shape index (κ1) is 14.6. The zero-order chi connectivity index (χ0) is 15.5. The van der Waals surface area contributed by atoms with Crippen molar-refractivity contribution in [3.63, 3.8) is 0 Å². The Balaban J connectivity index is 1.78. The van der Waals surface area contributed by atoms with Gasteiger partial charge in [0.1, 0.15) is 0 Å². The molecule has 0 radical (unpaired) electrons. The predicted octanol–water partition coefficient (Wildman–Crippen LogP) is 2.95. The fourth-order valence-electron chi connectivity index (χ4n) is 2.51. The van der Waals surface area contributed by atoms with Gasteiger partial charge in [-0.05, 0) is 48.7 Å². The molecule has 2 aromatic rings. The normalized spacial score (nSPS) is 13.7. The largest absolute Gasteiger partial charge is 0.378 e. The lowest BCUT2D eigenvalue weighted by atomic mass is 10.1. The van der Waals surface area contributed by atoms with E-state index in [2.05, 4.69) is 4.98 Å². The number of nitrogens with zero attached hydrogens (tertiary/aromatic N) is 3. The van der Waals surface area contributed by atoms with E-state index in [1.54, 1.807) is 6.20 Å². The Morgan fingerprint density at radius 3 is 2.45 bits per heavy atom. The van der Waals surface area contributed by atoms with Gasteiger partial charge in [0.2, 0.25) is 0 Å². The molecule has 0 atom stereocenters. The highest BCUT2D eigenvalue weighted by Gasteiger charge is 2.33. The molecule has 1 aromatic carbocycles. The summed E-state index contributed by atoms with van der Waals surface area (Å²) in [5.41, 5.74) is 2.93. The first-order chi connectivity index (χ1) is 10.6. The Morgan fingerprint density at radius 1 is 1.18 bits per heavy atom. The van der Waals surface area contributed by atoms with E-state index in [0.717, 1.165) is 29.7 Å². The highest BCUT2D eigenvalue weighted by atomic mass is 16.2. The van der Waals surface area contributed by atoms with E-state index in [1.807, 2.05) is 66.5 Å². The van der Waals surface area contributed by atoms with E-state index in [0.29, 0.717) is 12.6 Å². The van der Waals surface area contributed by atoms with E-state index in [4.69, 9.17) is 0 Å². The Hall–Kier alpha value is -2.36. The van der Waals surface area contributed by atoms with Crippen molar-refractivity contribution in [1.29, 1.82) is 0 Å². The monoisotopic (exact) mass is 295 g/mol. The van der Waals surface area contributed by atoms with Gasteiger partial charge in [0.15, 0.2) is 0 Å². The molecule has 1 aliphatic rings. The van der Waals surface area contributed by atoms with Crippen LogP contribution in [0.2, 0.25) is 0 Å². The van der Waals surface area contributed by atoms with E-state index < -0.39 is 0 Å². The molecule has 1 aliphatic carbocycles. The number of pyridine rings is 1. The molecule has 0 saturated heterocycles. The maximum Gasteiger partial charge on any atom is 0.254 e. The number of anilines is 1. The molecule has 0 spiro atoms. The van der Waals surface area contributed by atoms with Gasteiger partial charge >= 0.3 is 0 Å². The van der Waals surface area contributed by atoms with Crippen LogP contribution in [-0.4, -0.2) is 35.9 Å². The molecular weight excluding hydrogens is 274 g/mol. The summed E-state index contributed by atoms with van der Waals surface area (Å²) in [5.74, 6) is 0.108. The Morgan fingerprint density at radius 2 is 1.91 bits per heavy atom. The van der Waals surface area contributed by atoms with Crippen LogP contribution >= 0.6 is 0 Å². The highest BCUT2D eigenvalue weighted by Crippen LogP contribution is 2.30. The zero-order valence-electron chi connectivity index (χ0n) is 13.1. The molecule has 0 unspecified atom stereocenters. The first-order valence-electron chi connectivity index (χ1n) is 7.62. The van der Waals surface area contributed by atoms with Gasteiger partial charge in [-0.3, -0.25) is 9.78 Å². The third-order valence-corrected chi connectivity index (χ3v) is 3.95. The summed E-state index contributed by atoms with van der Waals surface area (Å²) in [5, 5.41) is 0. The number of benzene rings is 1. The number of hydrogen-bond acceptors (Lipinski definition) is 3. The number of amides is 1. The fraction of sp³-hybridized carbons (Fsp3) is 0.333. The molecule has 1 aromatic heterocycles. The molecule has 22 heavy (non-hydrogen) atoms. The minimum atomic E-state index is 0.108. The van der Waals surface area contributed by atoms with Crippen molar-refractivity contribution in [3.05, 3.63) is 59.9 Å². The molecule has 1 fully saturated rings. The molecule has 4 nitrogen and oxygen atoms in total. The highest BCUT2D eigenvalue weighted by molar-refractivity contribution is 5.95. The third kappa shape index (κ3) is 3.27. The second-order valence-corrected chi connectivity index (χ2v) is 5.97. The summed E-state index contributed by atoms with van der Waals surface area (Å²) < 4.78 is 0. The van der Waals surface area contributed by atoms with Gasteiger partial charge in [0, 0.05) is 50.3 Å². The lowest BCUT2D eigenvalue weighted by molar-refractivity contribution is 0.0730. The van der Waals surface area contributed by atoms with E-state index >= 15 is 0 Å². The number of hydrogen-bond donors (Lipinski definition) is 0. The number of rotatable bonds is 5. The Bertz CT molecular complexity index is 633. The summed E-state index contributed by atoms with van der Waals surface area (Å²) in [4.78, 5) is 20.9. The van der Waals surface area contributed by atoms with Gasteiger partial charge in [-0.1, -0.05) is 6.07 Å². The lowest BCUT2D eigenvalue weighted by Crippen LogP contribution is -2.32. The smallest absolute Gasteiger partial charge is 0.254 e. The van der Waals surface area contributed by atoms with Crippen LogP contribution in [0.4, 0.5) is 5.69 Å². The average Bonchev–Trinajstić information content (AvgIpc) is 3.38. The average molecular weight is 295 g/mol. The second-order valence-electron chi connectivity index (χ2n) is 5.97. The molecule has 0 N–H and O–H groups in total. The first-order valence-corrected chi connectivity index (χ1v) is 7.62. The SMILES string of the molecule is CN(C)c1ccc(C(=O)N(Cc2cccnc2)C2CC2)cc1. The molecule has 4 heteroatoms. The standard InChI is InChI=1S/C18H21N3O/c1-20(2)16-7-5-15(6-8-16)18(22)21(17-9-10-17)13-14-4-3-11-19-12-14/h3-8,11-12,17H,9-10,13H2,1-2H3. The van der Waals surface area contributed by atoms with Crippen molar-refractivity contribution in [1.82, 2.24) is 9.88 Å². The molecule has 114 valence electrons. The van der Waals surface area contributed by atoms with Crippen LogP contribution in [0.5, 0.6) is 0 Å². The number of aromatic nitrogens is 1. The summed E-state index contributed by atoms with van der Waals surface area (Å²) in [6.07, 6.45) is 5.79. The van der Waals surface area contributed by atoms with Gasteiger partial charge in [0.05, 0.1) is 0 Å². The summed E-state index contributed by atoms with van der Waals surface area (Å²) in [6.45, 7) is 0.632. The predicted molar refractivity (Wildman–Crippen MR) is 87.9 cm³/mol. The molecule has 0 bridgehead atoms. The Kier molecular flexibility index (Phi) is 4.09. The maximum absolute atomic E-state index is 12.8. The van der Waals surface area contributed by atoms with Crippen LogP contribution < -0.4 is 4.90 Å². The Labute approximate surface area is 131 Å². The van der Waals surface area contributed by atoms with Crippen LogP contribution in [-0.2, 0) is 6.54 Å². The molecule has 3 rings (SSSR count). The number of carbonyl (C=O) groups excluding carboxylic acids is 1. The van der Waals surface area contributed by atoms with Gasteiger partial charge in [0.25, 0.3) is 5.91 Å². The van der Waals surface area contributed by atoms with Gasteiger partial charge < -0.3 is 9.80 Å². The topological polar surface area (TPSA) is 36.4 Å². The van der Waals surface area contributed by atoms with Gasteiger partial charge in [-0.25, -0.2) is 0 Å². The van der Waals surface area contributed by atoms with Crippen LogP contribution in [0.15, 0.2) is 48.8 Å². The quantitative estimate of drug-likeness (QED) is 0.851. The lowest BCUT2D eigenvalue weighted by Gasteiger charge is -2.23. The molecule has 1 saturated carbocycles. The van der Waals surface area contributed by atoms with Crippen LogP contribution in [0.3, 0.4) is 0 Å². The molecule has 0 aliphatic heterocycles. The van der Waals surface area contributed by atoms with Crippen molar-refractivity contribution in [2.45, 2.75) is 25.4 Å². The van der Waals surface area contributed by atoms with E-state index in [-0.39, 0.29) is 5.91 Å². The third-order valence-electron chi connectivity index (χ3n) is 3.95. The van der Waals surface area contributed by atoms with Crippen molar-refractivity contribution >= 4 is 11.6 Å². The van der Waals surface area contributed by atoms with Crippen molar-refractivity contribution in [2.24, 2.45) is 0 Å². The summed E-state index contributed by atoms with van der Waals surface area (Å²) in [7, 11) is 3.99. The van der Waals surface area contributed by atoms with E-state index in [9.17, 15) is 4.79 Å². The van der Waals surface area contributed by atoms with Crippen LogP contribution in [0.25, 0.3) is 0 Å². The van der Waals surface area contributed by atoms with Crippen molar-refractivity contribution < 1.29 is 4.79 Å². The van der Waals surface area contributed by atoms with E-state index in [1.165, 1.54) is 0 Å². The minimum absolute atomic E-state index is 0.108. The summed E-state index contributed by atoms with van der Waals surface area (Å²) >= 11 is 0. The maximum atomic E-state index is 12.8. The van der Waals surface area contributed by atoms with Crippen LogP contribution in [0.1, 0.15) is 28.8 Å². The summed E-state index contributed by atoms with van der Waals surface area (Å²) in [6, 6.07) is 12.1. The number of carbonyl (C=O) groups is 1. The van der Waals surface area contributed by atoms with Gasteiger partial charge in [-0.2, -0.15) is 0 Å². The molecule has 1 amide bonds. The zero-order valence-corrected chi connectivity index (χ0v) is 13.1. The van der Waals surface area contributed by atoms with Crippen LogP contribution in [0, 0.1) is 0 Å². The molecular formula is C18H21N3O. The molecule has 1 heterocycles. The van der Waals surface area contributed by atoms with Crippen molar-refractivity contribution in [2.75, 3.05) is 19.0 Å². The fourth-order valence-corrected chi connectivity index (χ4v) is 2.51. The second kappa shape index (κ2) is 6.18. The minimum Gasteiger partial charge on any atom is -0.378 e.